The van der Waals surface area contributed by atoms with E-state index in [1.165, 1.54) is 11.1 Å². The molecule has 2 aromatic carbocycles. The summed E-state index contributed by atoms with van der Waals surface area (Å²) < 4.78 is 8.33. The summed E-state index contributed by atoms with van der Waals surface area (Å²) >= 11 is 0. The minimum absolute atomic E-state index is 0.131. The number of unbranched alkanes of at least 4 members (excludes halogenated alkanes) is 1. The van der Waals surface area contributed by atoms with Crippen LogP contribution in [0.5, 0.6) is 5.75 Å². The van der Waals surface area contributed by atoms with Gasteiger partial charge in [-0.25, -0.2) is 4.98 Å². The predicted molar refractivity (Wildman–Crippen MR) is 125 cm³/mol. The van der Waals surface area contributed by atoms with Crippen molar-refractivity contribution in [2.75, 3.05) is 19.7 Å². The fourth-order valence-electron chi connectivity index (χ4n) is 4.34. The maximum atomic E-state index is 12.4. The number of rotatable bonds is 9. The highest BCUT2D eigenvalue weighted by Gasteiger charge is 2.33. The van der Waals surface area contributed by atoms with Gasteiger partial charge in [0.25, 0.3) is 0 Å². The Bertz CT molecular complexity index is 1090. The van der Waals surface area contributed by atoms with Crippen LogP contribution in [-0.2, 0) is 11.3 Å². The molecular formula is C26H31N3O2. The van der Waals surface area contributed by atoms with E-state index in [1.807, 2.05) is 11.0 Å². The van der Waals surface area contributed by atoms with Crippen LogP contribution in [0.2, 0.25) is 0 Å². The van der Waals surface area contributed by atoms with E-state index in [4.69, 9.17) is 9.72 Å². The molecule has 0 aliphatic carbocycles. The zero-order chi connectivity index (χ0) is 21.8. The lowest BCUT2D eigenvalue weighted by molar-refractivity contribution is -0.127. The van der Waals surface area contributed by atoms with Gasteiger partial charge in [0.1, 0.15) is 11.6 Å². The summed E-state index contributed by atoms with van der Waals surface area (Å²) in [5.74, 6) is 2.31. The molecule has 0 saturated carbocycles. The van der Waals surface area contributed by atoms with E-state index in [0.29, 0.717) is 26.1 Å². The van der Waals surface area contributed by atoms with Gasteiger partial charge in [0.05, 0.1) is 17.6 Å². The van der Waals surface area contributed by atoms with Gasteiger partial charge >= 0.3 is 0 Å². The summed E-state index contributed by atoms with van der Waals surface area (Å²) in [4.78, 5) is 19.2. The number of nitrogens with zero attached hydrogens (tertiary/aromatic N) is 3. The molecular weight excluding hydrogens is 386 g/mol. The number of likely N-dealkylation sites (tertiary alicyclic amines) is 1. The van der Waals surface area contributed by atoms with Gasteiger partial charge in [-0.2, -0.15) is 0 Å². The van der Waals surface area contributed by atoms with Crippen molar-refractivity contribution in [3.8, 4) is 5.75 Å². The molecule has 1 aliphatic rings. The maximum absolute atomic E-state index is 12.4. The maximum Gasteiger partial charge on any atom is 0.223 e. The number of imidazole rings is 1. The van der Waals surface area contributed by atoms with Crippen LogP contribution in [-0.4, -0.2) is 40.1 Å². The van der Waals surface area contributed by atoms with E-state index in [2.05, 4.69) is 61.4 Å². The zero-order valence-electron chi connectivity index (χ0n) is 18.5. The molecule has 1 atom stereocenters. The molecule has 162 valence electrons. The number of amides is 1. The highest BCUT2D eigenvalue weighted by atomic mass is 16.5. The Balaban J connectivity index is 1.43. The molecule has 0 spiro atoms. The van der Waals surface area contributed by atoms with E-state index in [0.717, 1.165) is 42.0 Å². The minimum Gasteiger partial charge on any atom is -0.493 e. The first kappa shape index (κ1) is 21.2. The third kappa shape index (κ3) is 4.66. The van der Waals surface area contributed by atoms with Gasteiger partial charge in [-0.15, -0.1) is 6.58 Å². The molecule has 0 bridgehead atoms. The molecule has 5 nitrogen and oxygen atoms in total. The van der Waals surface area contributed by atoms with Gasteiger partial charge in [0.2, 0.25) is 5.91 Å². The number of hydrogen-bond donors (Lipinski definition) is 0. The Morgan fingerprint density at radius 2 is 2.03 bits per heavy atom. The smallest absolute Gasteiger partial charge is 0.223 e. The lowest BCUT2D eigenvalue weighted by Crippen LogP contribution is -2.25. The van der Waals surface area contributed by atoms with Crippen molar-refractivity contribution < 1.29 is 9.53 Å². The molecule has 5 heteroatoms. The second-order valence-corrected chi connectivity index (χ2v) is 8.42. The largest absolute Gasteiger partial charge is 0.493 e. The standard InChI is InChI=1S/C26H31N3O2/c1-4-13-28-18-21(17-25(28)30)26-27-22-9-5-6-10-23(22)29(26)14-7-8-15-31-24-16-19(2)11-12-20(24)3/h4-6,9-12,16,21H,1,7-8,13-15,17-18H2,2-3H3/t21-/m1/s1. The lowest BCUT2D eigenvalue weighted by atomic mass is 10.1. The van der Waals surface area contributed by atoms with Crippen LogP contribution < -0.4 is 4.74 Å². The number of para-hydroxylation sites is 2. The molecule has 0 N–H and O–H groups in total. The number of carbonyl (C=O) groups excluding carboxylic acids is 1. The molecule has 0 radical (unpaired) electrons. The number of ether oxygens (including phenoxy) is 1. The first-order chi connectivity index (χ1) is 15.1. The van der Waals surface area contributed by atoms with Crippen LogP contribution in [0.3, 0.4) is 0 Å². The zero-order valence-corrected chi connectivity index (χ0v) is 18.5. The molecule has 2 heterocycles. The second-order valence-electron chi connectivity index (χ2n) is 8.42. The van der Waals surface area contributed by atoms with Crippen LogP contribution in [0.1, 0.15) is 42.1 Å². The molecule has 1 amide bonds. The number of benzene rings is 2. The van der Waals surface area contributed by atoms with Crippen molar-refractivity contribution in [3.05, 3.63) is 72.1 Å². The molecule has 1 aliphatic heterocycles. The summed E-state index contributed by atoms with van der Waals surface area (Å²) in [7, 11) is 0. The van der Waals surface area contributed by atoms with Crippen LogP contribution in [0, 0.1) is 13.8 Å². The molecule has 31 heavy (non-hydrogen) atoms. The predicted octanol–water partition coefficient (Wildman–Crippen LogP) is 5.01. The first-order valence-corrected chi connectivity index (χ1v) is 11.1. The molecule has 0 unspecified atom stereocenters. The summed E-state index contributed by atoms with van der Waals surface area (Å²) in [5.41, 5.74) is 4.52. The van der Waals surface area contributed by atoms with E-state index in [1.54, 1.807) is 6.08 Å². The van der Waals surface area contributed by atoms with Crippen LogP contribution >= 0.6 is 0 Å². The lowest BCUT2D eigenvalue weighted by Gasteiger charge is -2.16. The Kier molecular flexibility index (Phi) is 6.40. The summed E-state index contributed by atoms with van der Waals surface area (Å²) in [5, 5.41) is 0. The Morgan fingerprint density at radius 1 is 1.19 bits per heavy atom. The third-order valence-electron chi connectivity index (χ3n) is 5.99. The number of fused-ring (bicyclic) bond motifs is 1. The monoisotopic (exact) mass is 417 g/mol. The van der Waals surface area contributed by atoms with E-state index in [9.17, 15) is 4.79 Å². The number of aromatic nitrogens is 2. The normalized spacial score (nSPS) is 16.3. The number of aryl methyl sites for hydroxylation is 3. The summed E-state index contributed by atoms with van der Waals surface area (Å²) in [6.07, 6.45) is 4.27. The highest BCUT2D eigenvalue weighted by Crippen LogP contribution is 2.30. The third-order valence-corrected chi connectivity index (χ3v) is 5.99. The average molecular weight is 418 g/mol. The Hall–Kier alpha value is -3.08. The molecule has 1 aromatic heterocycles. The molecule has 1 fully saturated rings. The quantitative estimate of drug-likeness (QED) is 0.363. The summed E-state index contributed by atoms with van der Waals surface area (Å²) in [6.45, 7) is 10.8. The van der Waals surface area contributed by atoms with Crippen molar-refractivity contribution in [3.63, 3.8) is 0 Å². The first-order valence-electron chi connectivity index (χ1n) is 11.1. The Morgan fingerprint density at radius 3 is 2.87 bits per heavy atom. The van der Waals surface area contributed by atoms with Crippen molar-refractivity contribution >= 4 is 16.9 Å². The van der Waals surface area contributed by atoms with E-state index in [-0.39, 0.29) is 11.8 Å². The second kappa shape index (κ2) is 9.38. The minimum atomic E-state index is 0.131. The number of carbonyl (C=O) groups is 1. The molecule has 3 aromatic rings. The van der Waals surface area contributed by atoms with Gasteiger partial charge in [-0.05, 0) is 56.0 Å². The Labute approximate surface area is 184 Å². The van der Waals surface area contributed by atoms with Gasteiger partial charge < -0.3 is 14.2 Å². The fourth-order valence-corrected chi connectivity index (χ4v) is 4.34. The topological polar surface area (TPSA) is 47.4 Å². The van der Waals surface area contributed by atoms with Gasteiger partial charge in [-0.1, -0.05) is 30.3 Å². The van der Waals surface area contributed by atoms with Gasteiger partial charge in [-0.3, -0.25) is 4.79 Å². The van der Waals surface area contributed by atoms with Crippen LogP contribution in [0.4, 0.5) is 0 Å². The van der Waals surface area contributed by atoms with Crippen LogP contribution in [0.25, 0.3) is 11.0 Å². The van der Waals surface area contributed by atoms with Crippen molar-refractivity contribution in [1.29, 1.82) is 0 Å². The van der Waals surface area contributed by atoms with Gasteiger partial charge in [0.15, 0.2) is 0 Å². The number of hydrogen-bond acceptors (Lipinski definition) is 3. The fraction of sp³-hybridized carbons (Fsp3) is 0.385. The SMILES string of the molecule is C=CCN1C[C@H](c2nc3ccccc3n2CCCCOc2cc(C)ccc2C)CC1=O. The summed E-state index contributed by atoms with van der Waals surface area (Å²) in [6, 6.07) is 14.6. The van der Waals surface area contributed by atoms with Crippen molar-refractivity contribution in [2.45, 2.75) is 45.6 Å². The van der Waals surface area contributed by atoms with Crippen LogP contribution in [0.15, 0.2) is 55.1 Å². The molecule has 4 rings (SSSR count). The highest BCUT2D eigenvalue weighted by molar-refractivity contribution is 5.81. The van der Waals surface area contributed by atoms with Gasteiger partial charge in [0, 0.05) is 32.0 Å². The van der Waals surface area contributed by atoms with Crippen molar-refractivity contribution in [2.24, 2.45) is 0 Å². The van der Waals surface area contributed by atoms with E-state index < -0.39 is 0 Å². The molecule has 1 saturated heterocycles. The van der Waals surface area contributed by atoms with E-state index >= 15 is 0 Å². The average Bonchev–Trinajstić information content (AvgIpc) is 3.31. The van der Waals surface area contributed by atoms with Crippen molar-refractivity contribution in [1.82, 2.24) is 14.5 Å².